The molecule has 6 nitrogen and oxygen atoms in total. The number of sulfonamides is 1. The molecule has 2 rings (SSSR count). The highest BCUT2D eigenvalue weighted by Gasteiger charge is 2.32. The maximum absolute atomic E-state index is 13.1. The van der Waals surface area contributed by atoms with Crippen LogP contribution in [0.1, 0.15) is 38.3 Å². The molecule has 0 fully saturated rings. The molecule has 0 aliphatic carbocycles. The molecule has 2 aromatic rings. The number of methoxy groups -OCH3 is 1. The quantitative estimate of drug-likeness (QED) is 0.637. The van der Waals surface area contributed by atoms with Crippen molar-refractivity contribution in [1.82, 2.24) is 5.32 Å². The smallest absolute Gasteiger partial charge is 0.244 e. The van der Waals surface area contributed by atoms with E-state index in [4.69, 9.17) is 16.3 Å². The fourth-order valence-corrected chi connectivity index (χ4v) is 4.51. The van der Waals surface area contributed by atoms with E-state index < -0.39 is 16.1 Å². The molecule has 0 unspecified atom stereocenters. The Labute approximate surface area is 177 Å². The predicted octanol–water partition coefficient (Wildman–Crippen LogP) is 4.16. The second-order valence-corrected chi connectivity index (χ2v) is 9.00. The number of halogens is 1. The molecule has 0 bridgehead atoms. The van der Waals surface area contributed by atoms with Gasteiger partial charge in [-0.2, -0.15) is 0 Å². The highest BCUT2D eigenvalue weighted by molar-refractivity contribution is 7.92. The van der Waals surface area contributed by atoms with Gasteiger partial charge in [0, 0.05) is 5.02 Å². The van der Waals surface area contributed by atoms with Crippen LogP contribution in [0.15, 0.2) is 48.5 Å². The highest BCUT2D eigenvalue weighted by Crippen LogP contribution is 2.26. The van der Waals surface area contributed by atoms with Gasteiger partial charge in [-0.1, -0.05) is 37.6 Å². The third-order valence-electron chi connectivity index (χ3n) is 4.65. The van der Waals surface area contributed by atoms with E-state index in [1.54, 1.807) is 38.3 Å². The topological polar surface area (TPSA) is 75.7 Å². The first kappa shape index (κ1) is 23.0. The molecule has 2 aromatic carbocycles. The van der Waals surface area contributed by atoms with Gasteiger partial charge in [-0.05, 0) is 54.8 Å². The van der Waals surface area contributed by atoms with E-state index in [9.17, 15) is 13.2 Å². The van der Waals surface area contributed by atoms with Crippen molar-refractivity contribution >= 4 is 33.2 Å². The van der Waals surface area contributed by atoms with E-state index in [0.29, 0.717) is 23.6 Å². The predicted molar refractivity (Wildman–Crippen MR) is 117 cm³/mol. The zero-order valence-electron chi connectivity index (χ0n) is 17.1. The average Bonchev–Trinajstić information content (AvgIpc) is 2.70. The molecule has 0 aliphatic rings. The molecule has 0 spiro atoms. The van der Waals surface area contributed by atoms with Gasteiger partial charge >= 0.3 is 0 Å². The number of carbonyl (C=O) groups is 1. The maximum Gasteiger partial charge on any atom is 0.244 e. The molecule has 2 atom stereocenters. The Hall–Kier alpha value is -2.25. The van der Waals surface area contributed by atoms with Crippen molar-refractivity contribution in [3.63, 3.8) is 0 Å². The zero-order chi connectivity index (χ0) is 21.6. The SMILES string of the molecule is CC[C@@H](NC(=O)[C@H](CC)N(c1ccc(Cl)cc1)S(C)(=O)=O)c1ccc(OC)cc1. The van der Waals surface area contributed by atoms with E-state index in [0.717, 1.165) is 21.9 Å². The van der Waals surface area contributed by atoms with Crippen molar-refractivity contribution < 1.29 is 17.9 Å². The first-order valence-electron chi connectivity index (χ1n) is 9.40. The van der Waals surface area contributed by atoms with Crippen molar-refractivity contribution in [2.24, 2.45) is 0 Å². The first-order valence-corrected chi connectivity index (χ1v) is 11.6. The lowest BCUT2D eigenvalue weighted by atomic mass is 10.0. The molecule has 0 aliphatic heterocycles. The number of carbonyl (C=O) groups excluding carboxylic acids is 1. The Balaban J connectivity index is 2.30. The summed E-state index contributed by atoms with van der Waals surface area (Å²) in [4.78, 5) is 13.1. The number of hydrogen-bond donors (Lipinski definition) is 1. The summed E-state index contributed by atoms with van der Waals surface area (Å²) >= 11 is 5.93. The van der Waals surface area contributed by atoms with Gasteiger partial charge in [0.25, 0.3) is 0 Å². The van der Waals surface area contributed by atoms with E-state index in [-0.39, 0.29) is 11.9 Å². The summed E-state index contributed by atoms with van der Waals surface area (Å²) < 4.78 is 31.4. The highest BCUT2D eigenvalue weighted by atomic mass is 35.5. The summed E-state index contributed by atoms with van der Waals surface area (Å²) in [5.74, 6) is 0.378. The normalized spacial score (nSPS) is 13.4. The van der Waals surface area contributed by atoms with Gasteiger partial charge in [-0.3, -0.25) is 9.10 Å². The average molecular weight is 439 g/mol. The van der Waals surface area contributed by atoms with Crippen LogP contribution in [0.5, 0.6) is 5.75 Å². The fourth-order valence-electron chi connectivity index (χ4n) is 3.17. The minimum Gasteiger partial charge on any atom is -0.497 e. The van der Waals surface area contributed by atoms with Crippen molar-refractivity contribution in [1.29, 1.82) is 0 Å². The molecular weight excluding hydrogens is 412 g/mol. The van der Waals surface area contributed by atoms with Crippen molar-refractivity contribution in [3.05, 3.63) is 59.1 Å². The van der Waals surface area contributed by atoms with Crippen LogP contribution in [0.4, 0.5) is 5.69 Å². The first-order chi connectivity index (χ1) is 13.7. The van der Waals surface area contributed by atoms with Gasteiger partial charge in [0.15, 0.2) is 0 Å². The van der Waals surface area contributed by atoms with Crippen molar-refractivity contribution in [2.75, 3.05) is 17.7 Å². The van der Waals surface area contributed by atoms with E-state index in [1.807, 2.05) is 31.2 Å². The largest absolute Gasteiger partial charge is 0.497 e. The Morgan fingerprint density at radius 1 is 1.07 bits per heavy atom. The molecule has 0 heterocycles. The molecule has 158 valence electrons. The minimum absolute atomic E-state index is 0.242. The van der Waals surface area contributed by atoms with Crippen molar-refractivity contribution in [2.45, 2.75) is 38.8 Å². The molecule has 1 N–H and O–H groups in total. The Bertz CT molecular complexity index is 915. The summed E-state index contributed by atoms with van der Waals surface area (Å²) in [6.45, 7) is 3.75. The van der Waals surface area contributed by atoms with E-state index in [2.05, 4.69) is 5.32 Å². The molecule has 0 saturated heterocycles. The molecule has 0 radical (unpaired) electrons. The van der Waals surface area contributed by atoms with Gasteiger partial charge in [0.1, 0.15) is 11.8 Å². The molecule has 8 heteroatoms. The Morgan fingerprint density at radius 3 is 2.10 bits per heavy atom. The summed E-state index contributed by atoms with van der Waals surface area (Å²) in [7, 11) is -2.10. The number of hydrogen-bond acceptors (Lipinski definition) is 4. The van der Waals surface area contributed by atoms with Crippen LogP contribution in [0.2, 0.25) is 5.02 Å². The third kappa shape index (κ3) is 5.87. The standard InChI is InChI=1S/C21H27ClN2O4S/c1-5-19(15-7-13-18(28-3)14-8-15)23-21(25)20(6-2)24(29(4,26)27)17-11-9-16(22)10-12-17/h7-14,19-20H,5-6H2,1-4H3,(H,23,25)/t19-,20+/m1/s1. The summed E-state index contributed by atoms with van der Waals surface area (Å²) in [5.41, 5.74) is 1.32. The summed E-state index contributed by atoms with van der Waals surface area (Å²) in [5, 5.41) is 3.48. The number of nitrogens with zero attached hydrogens (tertiary/aromatic N) is 1. The van der Waals surface area contributed by atoms with Gasteiger partial charge in [-0.15, -0.1) is 0 Å². The summed E-state index contributed by atoms with van der Waals surface area (Å²) in [6.07, 6.45) is 2.08. The summed E-state index contributed by atoms with van der Waals surface area (Å²) in [6, 6.07) is 12.7. The number of anilines is 1. The van der Waals surface area contributed by atoms with E-state index >= 15 is 0 Å². The molecule has 0 saturated carbocycles. The molecular formula is C21H27ClN2O4S. The number of rotatable bonds is 9. The van der Waals surface area contributed by atoms with Gasteiger partial charge in [0.2, 0.25) is 15.9 Å². The van der Waals surface area contributed by atoms with Gasteiger partial charge in [0.05, 0.1) is 25.1 Å². The number of ether oxygens (including phenoxy) is 1. The lowest BCUT2D eigenvalue weighted by molar-refractivity contribution is -0.123. The zero-order valence-corrected chi connectivity index (χ0v) is 18.6. The Morgan fingerprint density at radius 2 is 1.66 bits per heavy atom. The van der Waals surface area contributed by atoms with Crippen LogP contribution in [0.3, 0.4) is 0 Å². The van der Waals surface area contributed by atoms with Gasteiger partial charge in [-0.25, -0.2) is 8.42 Å². The van der Waals surface area contributed by atoms with Gasteiger partial charge < -0.3 is 10.1 Å². The number of benzene rings is 2. The molecule has 0 aromatic heterocycles. The van der Waals surface area contributed by atoms with Crippen LogP contribution in [0.25, 0.3) is 0 Å². The minimum atomic E-state index is -3.69. The second kappa shape index (κ2) is 9.98. The lowest BCUT2D eigenvalue weighted by Crippen LogP contribution is -2.50. The number of nitrogens with one attached hydrogen (secondary N) is 1. The second-order valence-electron chi connectivity index (χ2n) is 6.70. The van der Waals surface area contributed by atoms with Crippen molar-refractivity contribution in [3.8, 4) is 5.75 Å². The Kier molecular flexibility index (Phi) is 7.93. The van der Waals surface area contributed by atoms with E-state index in [1.165, 1.54) is 0 Å². The van der Waals surface area contributed by atoms with Crippen LogP contribution in [-0.2, 0) is 14.8 Å². The number of amides is 1. The van der Waals surface area contributed by atoms with Crippen LogP contribution >= 0.6 is 11.6 Å². The monoisotopic (exact) mass is 438 g/mol. The van der Waals surface area contributed by atoms with Crippen LogP contribution in [-0.4, -0.2) is 33.7 Å². The third-order valence-corrected chi connectivity index (χ3v) is 6.09. The van der Waals surface area contributed by atoms with Crippen LogP contribution in [0, 0.1) is 0 Å². The van der Waals surface area contributed by atoms with Crippen LogP contribution < -0.4 is 14.4 Å². The lowest BCUT2D eigenvalue weighted by Gasteiger charge is -2.31. The maximum atomic E-state index is 13.1. The fraction of sp³-hybridized carbons (Fsp3) is 0.381. The molecule has 29 heavy (non-hydrogen) atoms. The molecule has 1 amide bonds.